The number of thiophene rings is 1. The molecule has 0 bridgehead atoms. The summed E-state index contributed by atoms with van der Waals surface area (Å²) < 4.78 is 6.64. The highest BCUT2D eigenvalue weighted by Crippen LogP contribution is 2.28. The molecule has 0 saturated carbocycles. The molecule has 1 aromatic carbocycles. The molecule has 3 aromatic rings. The zero-order chi connectivity index (χ0) is 18.4. The first-order valence-electron chi connectivity index (χ1n) is 7.92. The molecule has 7 heteroatoms. The molecule has 132 valence electrons. The number of hydrogen-bond donors (Lipinski definition) is 1. The Balaban J connectivity index is 1.85. The smallest absolute Gasteiger partial charge is 0.331 e. The van der Waals surface area contributed by atoms with Gasteiger partial charge >= 0.3 is 5.97 Å². The number of para-hydroxylation sites is 1. The van der Waals surface area contributed by atoms with Crippen molar-refractivity contribution in [1.29, 1.82) is 0 Å². The van der Waals surface area contributed by atoms with E-state index in [-0.39, 0.29) is 12.5 Å². The van der Waals surface area contributed by atoms with Crippen LogP contribution in [0.5, 0.6) is 0 Å². The minimum Gasteiger partial charge on any atom is -0.452 e. The molecular weight excluding hydrogens is 350 g/mol. The summed E-state index contributed by atoms with van der Waals surface area (Å²) in [5, 5.41) is 9.01. The van der Waals surface area contributed by atoms with Crippen molar-refractivity contribution in [2.75, 3.05) is 13.7 Å². The number of hydrogen-bond acceptors (Lipinski definition) is 5. The molecule has 0 aliphatic heterocycles. The molecule has 3 rings (SSSR count). The zero-order valence-corrected chi connectivity index (χ0v) is 14.9. The van der Waals surface area contributed by atoms with Crippen LogP contribution in [-0.4, -0.2) is 35.3 Å². The van der Waals surface area contributed by atoms with Crippen molar-refractivity contribution in [2.24, 2.45) is 0 Å². The van der Waals surface area contributed by atoms with E-state index in [1.54, 1.807) is 22.1 Å². The fourth-order valence-electron chi connectivity index (χ4n) is 2.24. The van der Waals surface area contributed by atoms with Crippen LogP contribution >= 0.6 is 11.3 Å². The van der Waals surface area contributed by atoms with Gasteiger partial charge in [0.05, 0.1) is 10.6 Å². The van der Waals surface area contributed by atoms with Crippen LogP contribution in [-0.2, 0) is 14.3 Å². The second kappa shape index (κ2) is 8.26. The van der Waals surface area contributed by atoms with Gasteiger partial charge in [0.2, 0.25) is 0 Å². The monoisotopic (exact) mass is 367 g/mol. The molecule has 0 fully saturated rings. The van der Waals surface area contributed by atoms with E-state index < -0.39 is 5.97 Å². The summed E-state index contributed by atoms with van der Waals surface area (Å²) in [6, 6.07) is 13.7. The minimum atomic E-state index is -0.585. The molecule has 0 aliphatic rings. The Morgan fingerprint density at radius 1 is 1.23 bits per heavy atom. The Morgan fingerprint density at radius 2 is 2.04 bits per heavy atom. The van der Waals surface area contributed by atoms with E-state index in [9.17, 15) is 9.59 Å². The molecule has 26 heavy (non-hydrogen) atoms. The fourth-order valence-corrected chi connectivity index (χ4v) is 2.97. The van der Waals surface area contributed by atoms with Crippen molar-refractivity contribution in [3.8, 4) is 16.3 Å². The van der Waals surface area contributed by atoms with Crippen molar-refractivity contribution in [3.63, 3.8) is 0 Å². The summed E-state index contributed by atoms with van der Waals surface area (Å²) in [6.07, 6.45) is 4.80. The Morgan fingerprint density at radius 3 is 2.73 bits per heavy atom. The standard InChI is InChI=1S/C19H17N3O3S/c1-20-17(23)13-25-18(24)10-9-14-12-22(15-6-3-2-4-7-15)21-19(14)16-8-5-11-26-16/h2-12H,13H2,1H3,(H,20,23)/b10-9+. The molecule has 2 heterocycles. The number of nitrogens with zero attached hydrogens (tertiary/aromatic N) is 2. The van der Waals surface area contributed by atoms with Crippen LogP contribution in [0, 0.1) is 0 Å². The molecule has 0 unspecified atom stereocenters. The van der Waals surface area contributed by atoms with Crippen LogP contribution in [0.1, 0.15) is 5.56 Å². The lowest BCUT2D eigenvalue weighted by Crippen LogP contribution is -2.24. The second-order valence-electron chi connectivity index (χ2n) is 5.30. The fraction of sp³-hybridized carbons (Fsp3) is 0.105. The topological polar surface area (TPSA) is 73.2 Å². The lowest BCUT2D eigenvalue weighted by Gasteiger charge is -1.99. The summed E-state index contributed by atoms with van der Waals surface area (Å²) in [6.45, 7) is -0.305. The second-order valence-corrected chi connectivity index (χ2v) is 6.25. The first-order chi connectivity index (χ1) is 12.7. The lowest BCUT2D eigenvalue weighted by molar-refractivity contribution is -0.143. The van der Waals surface area contributed by atoms with Gasteiger partial charge in [-0.15, -0.1) is 11.3 Å². The number of esters is 1. The summed E-state index contributed by atoms with van der Waals surface area (Å²) in [4.78, 5) is 23.9. The van der Waals surface area contributed by atoms with Crippen molar-refractivity contribution in [3.05, 3.63) is 65.7 Å². The molecule has 0 radical (unpaired) electrons. The number of aromatic nitrogens is 2. The van der Waals surface area contributed by atoms with Crippen LogP contribution in [0.2, 0.25) is 0 Å². The maximum absolute atomic E-state index is 11.8. The molecule has 0 saturated heterocycles. The lowest BCUT2D eigenvalue weighted by atomic mass is 10.2. The van der Waals surface area contributed by atoms with Crippen LogP contribution in [0.4, 0.5) is 0 Å². The number of carbonyl (C=O) groups is 2. The van der Waals surface area contributed by atoms with E-state index >= 15 is 0 Å². The van der Waals surface area contributed by atoms with Gasteiger partial charge in [-0.25, -0.2) is 9.48 Å². The first kappa shape index (κ1) is 17.6. The molecule has 2 aromatic heterocycles. The van der Waals surface area contributed by atoms with Crippen LogP contribution in [0.3, 0.4) is 0 Å². The average molecular weight is 367 g/mol. The summed E-state index contributed by atoms with van der Waals surface area (Å²) in [7, 11) is 1.48. The van der Waals surface area contributed by atoms with Gasteiger partial charge in [-0.1, -0.05) is 24.3 Å². The highest BCUT2D eigenvalue weighted by molar-refractivity contribution is 7.13. The van der Waals surface area contributed by atoms with Crippen molar-refractivity contribution >= 4 is 29.3 Å². The van der Waals surface area contributed by atoms with E-state index in [1.165, 1.54) is 13.1 Å². The highest BCUT2D eigenvalue weighted by Gasteiger charge is 2.12. The van der Waals surface area contributed by atoms with Crippen LogP contribution < -0.4 is 5.32 Å². The zero-order valence-electron chi connectivity index (χ0n) is 14.1. The Kier molecular flexibility index (Phi) is 5.60. The molecular formula is C19H17N3O3S. The number of rotatable bonds is 6. The highest BCUT2D eigenvalue weighted by atomic mass is 32.1. The molecule has 0 spiro atoms. The summed E-state index contributed by atoms with van der Waals surface area (Å²) in [5.74, 6) is -0.943. The quantitative estimate of drug-likeness (QED) is 0.537. The number of ether oxygens (including phenoxy) is 1. The van der Waals surface area contributed by atoms with Gasteiger partial charge < -0.3 is 10.1 Å². The molecule has 6 nitrogen and oxygen atoms in total. The third-order valence-electron chi connectivity index (χ3n) is 3.54. The molecule has 1 N–H and O–H groups in total. The Hall–Kier alpha value is -3.19. The van der Waals surface area contributed by atoms with Crippen LogP contribution in [0.15, 0.2) is 60.1 Å². The number of likely N-dealkylation sites (N-methyl/N-ethyl adjacent to an activating group) is 1. The SMILES string of the molecule is CNC(=O)COC(=O)/C=C/c1cn(-c2ccccc2)nc1-c1cccs1. The molecule has 0 aliphatic carbocycles. The van der Waals surface area contributed by atoms with Gasteiger partial charge in [-0.3, -0.25) is 4.79 Å². The van der Waals surface area contributed by atoms with Gasteiger partial charge in [0.15, 0.2) is 6.61 Å². The maximum Gasteiger partial charge on any atom is 0.331 e. The van der Waals surface area contributed by atoms with E-state index in [2.05, 4.69) is 10.4 Å². The first-order valence-corrected chi connectivity index (χ1v) is 8.79. The number of amides is 1. The van der Waals surface area contributed by atoms with Gasteiger partial charge in [0.1, 0.15) is 5.69 Å². The molecule has 1 amide bonds. The predicted molar refractivity (Wildman–Crippen MR) is 101 cm³/mol. The minimum absolute atomic E-state index is 0.305. The van der Waals surface area contributed by atoms with E-state index in [4.69, 9.17) is 4.74 Å². The Labute approximate surface area is 154 Å². The van der Waals surface area contributed by atoms with Gasteiger partial charge in [-0.2, -0.15) is 5.10 Å². The summed E-state index contributed by atoms with van der Waals surface area (Å²) >= 11 is 1.57. The van der Waals surface area contributed by atoms with Crippen molar-refractivity contribution < 1.29 is 14.3 Å². The van der Waals surface area contributed by atoms with Gasteiger partial charge in [-0.05, 0) is 29.7 Å². The van der Waals surface area contributed by atoms with E-state index in [1.807, 2.05) is 54.0 Å². The maximum atomic E-state index is 11.8. The van der Waals surface area contributed by atoms with E-state index in [0.717, 1.165) is 21.8 Å². The average Bonchev–Trinajstić information content (AvgIpc) is 3.34. The van der Waals surface area contributed by atoms with Crippen molar-refractivity contribution in [2.45, 2.75) is 0 Å². The number of carbonyl (C=O) groups excluding carboxylic acids is 2. The Bertz CT molecular complexity index is 915. The third kappa shape index (κ3) is 4.25. The van der Waals surface area contributed by atoms with Crippen molar-refractivity contribution in [1.82, 2.24) is 15.1 Å². The van der Waals surface area contributed by atoms with Gasteiger partial charge in [0, 0.05) is 24.9 Å². The normalized spacial score (nSPS) is 10.8. The number of benzene rings is 1. The van der Waals surface area contributed by atoms with E-state index in [0.29, 0.717) is 0 Å². The van der Waals surface area contributed by atoms with Crippen LogP contribution in [0.25, 0.3) is 22.3 Å². The number of nitrogens with one attached hydrogen (secondary N) is 1. The molecule has 0 atom stereocenters. The third-order valence-corrected chi connectivity index (χ3v) is 4.42. The largest absolute Gasteiger partial charge is 0.452 e. The summed E-state index contributed by atoms with van der Waals surface area (Å²) in [5.41, 5.74) is 2.49. The predicted octanol–water partition coefficient (Wildman–Crippen LogP) is 2.90. The van der Waals surface area contributed by atoms with Gasteiger partial charge in [0.25, 0.3) is 5.91 Å².